The topological polar surface area (TPSA) is 73.2 Å². The van der Waals surface area contributed by atoms with Gasteiger partial charge in [-0.25, -0.2) is 5.01 Å². The first kappa shape index (κ1) is 10.4. The van der Waals surface area contributed by atoms with Gasteiger partial charge in [0.1, 0.15) is 6.54 Å². The van der Waals surface area contributed by atoms with E-state index in [9.17, 15) is 9.59 Å². The number of hydrazone groups is 1. The van der Waals surface area contributed by atoms with E-state index in [-0.39, 0.29) is 25.4 Å². The summed E-state index contributed by atoms with van der Waals surface area (Å²) in [6.45, 7) is 0.322. The fraction of sp³-hybridized carbons (Fsp3) is 0.300. The van der Waals surface area contributed by atoms with Crippen molar-refractivity contribution in [2.75, 3.05) is 13.1 Å². The van der Waals surface area contributed by atoms with Crippen LogP contribution in [0.3, 0.4) is 0 Å². The van der Waals surface area contributed by atoms with Crippen LogP contribution in [0, 0.1) is 0 Å². The van der Waals surface area contributed by atoms with Crippen molar-refractivity contribution in [1.82, 2.24) is 9.91 Å². The minimum atomic E-state index is -0.936. The maximum absolute atomic E-state index is 11.6. The van der Waals surface area contributed by atoms with Crippen LogP contribution in [0.4, 0.5) is 0 Å². The summed E-state index contributed by atoms with van der Waals surface area (Å²) in [6.07, 6.45) is 7.09. The fourth-order valence-electron chi connectivity index (χ4n) is 1.47. The van der Waals surface area contributed by atoms with Gasteiger partial charge in [0.05, 0.1) is 13.0 Å². The lowest BCUT2D eigenvalue weighted by molar-refractivity contribution is -0.138. The molecule has 0 fully saturated rings. The molecule has 0 unspecified atom stereocenters. The van der Waals surface area contributed by atoms with Crippen molar-refractivity contribution in [2.45, 2.75) is 6.42 Å². The Morgan fingerprint density at radius 3 is 3.06 bits per heavy atom. The Morgan fingerprint density at radius 2 is 2.31 bits per heavy atom. The third-order valence-corrected chi connectivity index (χ3v) is 2.27. The number of amides is 1. The van der Waals surface area contributed by atoms with E-state index in [2.05, 4.69) is 5.10 Å². The van der Waals surface area contributed by atoms with Crippen molar-refractivity contribution in [3.8, 4) is 0 Å². The van der Waals surface area contributed by atoms with Crippen molar-refractivity contribution in [1.29, 1.82) is 0 Å². The summed E-state index contributed by atoms with van der Waals surface area (Å²) in [7, 11) is 0. The van der Waals surface area contributed by atoms with Gasteiger partial charge in [-0.2, -0.15) is 5.10 Å². The van der Waals surface area contributed by atoms with Crippen LogP contribution >= 0.6 is 0 Å². The molecular weight excluding hydrogens is 210 g/mol. The molecule has 0 aromatic rings. The molecule has 1 amide bonds. The maximum Gasteiger partial charge on any atom is 0.305 e. The van der Waals surface area contributed by atoms with Gasteiger partial charge in [-0.3, -0.25) is 9.59 Å². The fourth-order valence-corrected chi connectivity index (χ4v) is 1.47. The van der Waals surface area contributed by atoms with Gasteiger partial charge in [0.2, 0.25) is 0 Å². The van der Waals surface area contributed by atoms with Crippen molar-refractivity contribution >= 4 is 17.7 Å². The number of carboxylic acid groups (broad SMARTS) is 1. The highest BCUT2D eigenvalue weighted by Gasteiger charge is 2.24. The molecule has 2 aliphatic heterocycles. The van der Waals surface area contributed by atoms with Crippen LogP contribution in [0.15, 0.2) is 29.5 Å². The summed E-state index contributed by atoms with van der Waals surface area (Å²) in [5.41, 5.74) is 0. The lowest BCUT2D eigenvalue weighted by Gasteiger charge is -2.30. The third kappa shape index (κ3) is 2.10. The Bertz CT molecular complexity index is 412. The molecule has 0 saturated carbocycles. The highest BCUT2D eigenvalue weighted by Crippen LogP contribution is 2.11. The number of amidine groups is 1. The largest absolute Gasteiger partial charge is 0.481 e. The summed E-state index contributed by atoms with van der Waals surface area (Å²) in [5.74, 6) is -0.466. The smallest absolute Gasteiger partial charge is 0.305 e. The maximum atomic E-state index is 11.6. The monoisotopic (exact) mass is 221 g/mol. The number of hydrogen-bond donors (Lipinski definition) is 1. The number of aliphatic carboxylic acids is 1. The first-order valence-electron chi connectivity index (χ1n) is 4.89. The summed E-state index contributed by atoms with van der Waals surface area (Å²) >= 11 is 0. The van der Waals surface area contributed by atoms with Crippen LogP contribution in [0.2, 0.25) is 0 Å². The van der Waals surface area contributed by atoms with E-state index in [4.69, 9.17) is 5.11 Å². The highest BCUT2D eigenvalue weighted by molar-refractivity contribution is 6.00. The zero-order chi connectivity index (χ0) is 11.5. The van der Waals surface area contributed by atoms with Crippen molar-refractivity contribution < 1.29 is 14.7 Å². The number of hydrogen-bond acceptors (Lipinski definition) is 4. The van der Waals surface area contributed by atoms with E-state index in [1.807, 2.05) is 12.2 Å². The number of rotatable bonds is 3. The van der Waals surface area contributed by atoms with Crippen molar-refractivity contribution in [3.05, 3.63) is 24.4 Å². The predicted octanol–water partition coefficient (Wildman–Crippen LogP) is 0.00230. The quantitative estimate of drug-likeness (QED) is 0.728. The molecule has 84 valence electrons. The van der Waals surface area contributed by atoms with Crippen LogP contribution in [-0.4, -0.2) is 45.8 Å². The first-order chi connectivity index (χ1) is 7.66. The van der Waals surface area contributed by atoms with Crippen LogP contribution < -0.4 is 0 Å². The Balaban J connectivity index is 2.09. The third-order valence-electron chi connectivity index (χ3n) is 2.27. The molecule has 2 rings (SSSR count). The predicted molar refractivity (Wildman–Crippen MR) is 56.4 cm³/mol. The van der Waals surface area contributed by atoms with E-state index in [1.165, 1.54) is 5.01 Å². The van der Waals surface area contributed by atoms with Crippen molar-refractivity contribution in [2.24, 2.45) is 5.10 Å². The molecule has 16 heavy (non-hydrogen) atoms. The van der Waals surface area contributed by atoms with Gasteiger partial charge in [-0.05, 0) is 12.2 Å². The Kier molecular flexibility index (Phi) is 2.72. The SMILES string of the molecule is O=C(O)CCN1N=C2C=CC=CN2CC1=O. The molecule has 0 aliphatic carbocycles. The standard InChI is InChI=1S/C10H11N3O3/c14-9-7-12-5-2-1-3-8(12)11-13(9)6-4-10(15)16/h1-3,5H,4,6-7H2,(H,15,16). The van der Waals surface area contributed by atoms with E-state index in [1.54, 1.807) is 17.2 Å². The number of allylic oxidation sites excluding steroid dienone is 2. The highest BCUT2D eigenvalue weighted by atomic mass is 16.4. The molecule has 0 atom stereocenters. The van der Waals surface area contributed by atoms with Crippen LogP contribution in [0.5, 0.6) is 0 Å². The van der Waals surface area contributed by atoms with Gasteiger partial charge in [0.15, 0.2) is 5.84 Å². The lowest BCUT2D eigenvalue weighted by atomic mass is 10.3. The number of carbonyl (C=O) groups excluding carboxylic acids is 1. The molecular formula is C10H11N3O3. The van der Waals surface area contributed by atoms with Crippen LogP contribution in [0.1, 0.15) is 6.42 Å². The first-order valence-corrected chi connectivity index (χ1v) is 4.89. The average Bonchev–Trinajstić information content (AvgIpc) is 2.26. The second-order valence-corrected chi connectivity index (χ2v) is 3.45. The Labute approximate surface area is 92.1 Å². The zero-order valence-corrected chi connectivity index (χ0v) is 8.54. The normalized spacial score (nSPS) is 18.5. The number of carbonyl (C=O) groups is 2. The molecule has 2 heterocycles. The van der Waals surface area contributed by atoms with E-state index in [0.717, 1.165) is 0 Å². The Morgan fingerprint density at radius 1 is 1.50 bits per heavy atom. The molecule has 0 radical (unpaired) electrons. The molecule has 6 nitrogen and oxygen atoms in total. The Hall–Kier alpha value is -2.11. The van der Waals surface area contributed by atoms with E-state index in [0.29, 0.717) is 5.84 Å². The molecule has 1 N–H and O–H groups in total. The van der Waals surface area contributed by atoms with Gasteiger partial charge in [0.25, 0.3) is 5.91 Å². The molecule has 2 aliphatic rings. The molecule has 0 spiro atoms. The number of carboxylic acids is 1. The van der Waals surface area contributed by atoms with Crippen molar-refractivity contribution in [3.63, 3.8) is 0 Å². The second kappa shape index (κ2) is 4.18. The number of nitrogens with zero attached hydrogens (tertiary/aromatic N) is 3. The second-order valence-electron chi connectivity index (χ2n) is 3.45. The lowest BCUT2D eigenvalue weighted by Crippen LogP contribution is -2.45. The molecule has 0 saturated heterocycles. The summed E-state index contributed by atoms with van der Waals surface area (Å²) in [5, 5.41) is 13.8. The van der Waals surface area contributed by atoms with E-state index >= 15 is 0 Å². The minimum absolute atomic E-state index is 0.0952. The average molecular weight is 221 g/mol. The zero-order valence-electron chi connectivity index (χ0n) is 8.54. The van der Waals surface area contributed by atoms with Gasteiger partial charge >= 0.3 is 5.97 Å². The summed E-state index contributed by atoms with van der Waals surface area (Å²) < 4.78 is 0. The molecule has 0 bridgehead atoms. The van der Waals surface area contributed by atoms with Gasteiger partial charge in [-0.15, -0.1) is 0 Å². The molecule has 6 heteroatoms. The van der Waals surface area contributed by atoms with E-state index < -0.39 is 5.97 Å². The minimum Gasteiger partial charge on any atom is -0.481 e. The van der Waals surface area contributed by atoms with Crippen LogP contribution in [0.25, 0.3) is 0 Å². The molecule has 0 aromatic carbocycles. The summed E-state index contributed by atoms with van der Waals surface area (Å²) in [6, 6.07) is 0. The number of fused-ring (bicyclic) bond motifs is 1. The van der Waals surface area contributed by atoms with Gasteiger partial charge < -0.3 is 10.0 Å². The van der Waals surface area contributed by atoms with Gasteiger partial charge in [-0.1, -0.05) is 6.08 Å². The molecule has 0 aromatic heterocycles. The summed E-state index contributed by atoms with van der Waals surface area (Å²) in [4.78, 5) is 23.7. The van der Waals surface area contributed by atoms with Crippen LogP contribution in [-0.2, 0) is 9.59 Å². The van der Waals surface area contributed by atoms with Gasteiger partial charge in [0, 0.05) is 6.20 Å².